The Morgan fingerprint density at radius 2 is 2.07 bits per heavy atom. The predicted octanol–water partition coefficient (Wildman–Crippen LogP) is 2.52. The van der Waals surface area contributed by atoms with E-state index in [4.69, 9.17) is 15.8 Å². The third kappa shape index (κ3) is 3.77. The number of benzene rings is 1. The van der Waals surface area contributed by atoms with E-state index in [1.807, 2.05) is 0 Å². The van der Waals surface area contributed by atoms with Crippen molar-refractivity contribution in [3.8, 4) is 0 Å². The highest BCUT2D eigenvalue weighted by Crippen LogP contribution is 2.26. The quantitative estimate of drug-likeness (QED) is 0.777. The summed E-state index contributed by atoms with van der Waals surface area (Å²) in [5, 5.41) is 0.145. The highest BCUT2D eigenvalue weighted by Gasteiger charge is 2.15. The second-order valence-corrected chi connectivity index (χ2v) is 5.12. The Labute approximate surface area is 92.9 Å². The van der Waals surface area contributed by atoms with Crippen molar-refractivity contribution in [3.05, 3.63) is 34.6 Å². The van der Waals surface area contributed by atoms with Gasteiger partial charge < -0.3 is 0 Å². The molecule has 6 heteroatoms. The maximum atomic E-state index is 12.7. The first kappa shape index (κ1) is 12.4. The molecular weight excluding hydrogens is 243 g/mol. The predicted molar refractivity (Wildman–Crippen MR) is 55.8 cm³/mol. The Kier molecular flexibility index (Phi) is 3.70. The zero-order valence-corrected chi connectivity index (χ0v) is 9.77. The van der Waals surface area contributed by atoms with Crippen LogP contribution in [-0.4, -0.2) is 14.7 Å². The molecule has 0 aliphatic carbocycles. The molecular formula is C9H10ClFO3S. The molecule has 1 rings (SSSR count). The van der Waals surface area contributed by atoms with Crippen LogP contribution in [-0.2, 0) is 14.3 Å². The van der Waals surface area contributed by atoms with Crippen molar-refractivity contribution in [3.63, 3.8) is 0 Å². The van der Waals surface area contributed by atoms with Gasteiger partial charge in [0.2, 0.25) is 0 Å². The molecule has 0 N–H and O–H groups in total. The van der Waals surface area contributed by atoms with E-state index in [1.165, 1.54) is 19.1 Å². The molecule has 3 nitrogen and oxygen atoms in total. The van der Waals surface area contributed by atoms with Gasteiger partial charge in [0.05, 0.1) is 6.26 Å². The Morgan fingerprint density at radius 3 is 2.53 bits per heavy atom. The summed E-state index contributed by atoms with van der Waals surface area (Å²) < 4.78 is 39.1. The summed E-state index contributed by atoms with van der Waals surface area (Å²) in [6.45, 7) is 1.53. The number of halogens is 2. The zero-order chi connectivity index (χ0) is 11.6. The van der Waals surface area contributed by atoms with Gasteiger partial charge in [-0.25, -0.2) is 4.39 Å². The van der Waals surface area contributed by atoms with Crippen molar-refractivity contribution in [1.29, 1.82) is 0 Å². The third-order valence-corrected chi connectivity index (χ3v) is 2.69. The minimum atomic E-state index is -3.55. The summed E-state index contributed by atoms with van der Waals surface area (Å²) in [5.74, 6) is -0.477. The lowest BCUT2D eigenvalue weighted by Crippen LogP contribution is -2.08. The van der Waals surface area contributed by atoms with Crippen LogP contribution in [0.15, 0.2) is 18.2 Å². The summed E-state index contributed by atoms with van der Waals surface area (Å²) in [7, 11) is -3.55. The molecule has 1 atom stereocenters. The normalized spacial score (nSPS) is 13.9. The first-order chi connectivity index (χ1) is 6.79. The van der Waals surface area contributed by atoms with Crippen LogP contribution in [0.25, 0.3) is 0 Å². The van der Waals surface area contributed by atoms with Gasteiger partial charge >= 0.3 is 0 Å². The van der Waals surface area contributed by atoms with E-state index < -0.39 is 22.0 Å². The van der Waals surface area contributed by atoms with Crippen LogP contribution in [0.4, 0.5) is 4.39 Å². The van der Waals surface area contributed by atoms with Gasteiger partial charge in [0.25, 0.3) is 10.1 Å². The lowest BCUT2D eigenvalue weighted by Gasteiger charge is -2.12. The molecule has 0 heterocycles. The number of hydrogen-bond acceptors (Lipinski definition) is 3. The second-order valence-electron chi connectivity index (χ2n) is 3.11. The summed E-state index contributed by atoms with van der Waals surface area (Å²) >= 11 is 5.74. The Balaban J connectivity index is 2.97. The minimum absolute atomic E-state index is 0.145. The van der Waals surface area contributed by atoms with Crippen LogP contribution < -0.4 is 0 Å². The molecule has 1 aromatic carbocycles. The average Bonchev–Trinajstić information content (AvgIpc) is 1.99. The van der Waals surface area contributed by atoms with E-state index in [0.29, 0.717) is 5.56 Å². The number of hydrogen-bond donors (Lipinski definition) is 0. The van der Waals surface area contributed by atoms with Crippen molar-refractivity contribution in [2.24, 2.45) is 0 Å². The monoisotopic (exact) mass is 252 g/mol. The summed E-state index contributed by atoms with van der Waals surface area (Å²) in [4.78, 5) is 0. The van der Waals surface area contributed by atoms with Crippen LogP contribution in [0.5, 0.6) is 0 Å². The van der Waals surface area contributed by atoms with Gasteiger partial charge in [0.1, 0.15) is 11.9 Å². The van der Waals surface area contributed by atoms with Gasteiger partial charge in [0.15, 0.2) is 0 Å². The largest absolute Gasteiger partial charge is 0.264 e. The van der Waals surface area contributed by atoms with Crippen molar-refractivity contribution < 1.29 is 17.0 Å². The molecule has 0 aromatic heterocycles. The number of rotatable bonds is 3. The van der Waals surface area contributed by atoms with Crippen LogP contribution in [0, 0.1) is 5.82 Å². The molecule has 1 aromatic rings. The second kappa shape index (κ2) is 4.47. The minimum Gasteiger partial charge on any atom is -0.262 e. The van der Waals surface area contributed by atoms with Gasteiger partial charge in [-0.2, -0.15) is 8.42 Å². The average molecular weight is 253 g/mol. The molecule has 0 aliphatic heterocycles. The van der Waals surface area contributed by atoms with E-state index in [2.05, 4.69) is 0 Å². The van der Waals surface area contributed by atoms with Crippen LogP contribution in [0.3, 0.4) is 0 Å². The molecule has 0 bridgehead atoms. The SMILES string of the molecule is CC(OS(C)(=O)=O)c1ccc(F)cc1Cl. The van der Waals surface area contributed by atoms with Crippen molar-refractivity contribution in [2.75, 3.05) is 6.26 Å². The maximum absolute atomic E-state index is 12.7. The van der Waals surface area contributed by atoms with Gasteiger partial charge in [-0.15, -0.1) is 0 Å². The molecule has 0 spiro atoms. The van der Waals surface area contributed by atoms with Crippen LogP contribution >= 0.6 is 11.6 Å². The maximum Gasteiger partial charge on any atom is 0.264 e. The van der Waals surface area contributed by atoms with Crippen LogP contribution in [0.2, 0.25) is 5.02 Å². The van der Waals surface area contributed by atoms with E-state index in [1.54, 1.807) is 0 Å². The molecule has 0 aliphatic rings. The lowest BCUT2D eigenvalue weighted by atomic mass is 10.1. The summed E-state index contributed by atoms with van der Waals surface area (Å²) in [6, 6.07) is 3.70. The highest BCUT2D eigenvalue weighted by atomic mass is 35.5. The summed E-state index contributed by atoms with van der Waals surface area (Å²) in [5.41, 5.74) is 0.434. The third-order valence-electron chi connectivity index (χ3n) is 1.72. The Morgan fingerprint density at radius 1 is 1.47 bits per heavy atom. The van der Waals surface area contributed by atoms with E-state index in [0.717, 1.165) is 12.3 Å². The van der Waals surface area contributed by atoms with E-state index >= 15 is 0 Å². The molecule has 84 valence electrons. The van der Waals surface area contributed by atoms with Gasteiger partial charge in [-0.05, 0) is 19.1 Å². The fourth-order valence-corrected chi connectivity index (χ4v) is 2.09. The van der Waals surface area contributed by atoms with Gasteiger partial charge in [-0.1, -0.05) is 17.7 Å². The zero-order valence-electron chi connectivity index (χ0n) is 8.20. The fourth-order valence-electron chi connectivity index (χ4n) is 1.15. The molecule has 1 unspecified atom stereocenters. The van der Waals surface area contributed by atoms with Crippen LogP contribution in [0.1, 0.15) is 18.6 Å². The molecule has 0 saturated heterocycles. The van der Waals surface area contributed by atoms with Crippen molar-refractivity contribution in [1.82, 2.24) is 0 Å². The first-order valence-corrected chi connectivity index (χ1v) is 6.32. The Hall–Kier alpha value is -0.650. The topological polar surface area (TPSA) is 43.4 Å². The first-order valence-electron chi connectivity index (χ1n) is 4.13. The molecule has 0 fully saturated rings. The molecule has 15 heavy (non-hydrogen) atoms. The molecule has 0 radical (unpaired) electrons. The van der Waals surface area contributed by atoms with E-state index in [-0.39, 0.29) is 5.02 Å². The molecule has 0 saturated carbocycles. The van der Waals surface area contributed by atoms with Crippen molar-refractivity contribution in [2.45, 2.75) is 13.0 Å². The Bertz CT molecular complexity index is 458. The smallest absolute Gasteiger partial charge is 0.262 e. The van der Waals surface area contributed by atoms with E-state index in [9.17, 15) is 12.8 Å². The highest BCUT2D eigenvalue weighted by molar-refractivity contribution is 7.86. The molecule has 0 amide bonds. The fraction of sp³-hybridized carbons (Fsp3) is 0.333. The van der Waals surface area contributed by atoms with Gasteiger partial charge in [0, 0.05) is 10.6 Å². The summed E-state index contributed by atoms with van der Waals surface area (Å²) in [6.07, 6.45) is 0.217. The standard InChI is InChI=1S/C9H10ClFO3S/c1-6(14-15(2,12)13)8-4-3-7(11)5-9(8)10/h3-6H,1-2H3. The van der Waals surface area contributed by atoms with Gasteiger partial charge in [-0.3, -0.25) is 4.18 Å². The van der Waals surface area contributed by atoms with Crippen molar-refractivity contribution >= 4 is 21.7 Å². The lowest BCUT2D eigenvalue weighted by molar-refractivity contribution is 0.236.